The maximum atomic E-state index is 12.3. The van der Waals surface area contributed by atoms with Gasteiger partial charge in [-0.15, -0.1) is 0 Å². The van der Waals surface area contributed by atoms with Gasteiger partial charge in [0.2, 0.25) is 11.9 Å². The Hall–Kier alpha value is -4.87. The van der Waals surface area contributed by atoms with Crippen LogP contribution in [0.2, 0.25) is 0 Å². The molecular formula is C31H38N8O4. The normalized spacial score (nSPS) is 18.4. The number of ether oxygens (including phenoxy) is 1. The number of carbonyl (C=O) groups is 3. The predicted octanol–water partition coefficient (Wildman–Crippen LogP) is 3.64. The highest BCUT2D eigenvalue weighted by molar-refractivity contribution is 5.97. The topological polar surface area (TPSA) is 155 Å². The molecular weight excluding hydrogens is 548 g/mol. The number of carbonyl (C=O) groups excluding carboxylic acids is 3. The van der Waals surface area contributed by atoms with Gasteiger partial charge in [0.25, 0.3) is 5.91 Å². The standard InChI is InChI=1S/C31H38N8O4/c1-21(40)38-15-17-39(18-16-38)26-13-11-24(12-14-26)35-30-33-19-27(28(32)41)29(37-30)34-23-7-9-25(10-8-23)36-31(42)43-20-22-5-3-2-4-6-22/h2-6,11-14,19,23,25H,7-10,15-18,20H2,1H3,(H2,32,41)(H,36,42)(H2,33,34,35,37)/t23-,25+. The quantitative estimate of drug-likeness (QED) is 0.294. The molecule has 0 atom stereocenters. The molecule has 5 N–H and O–H groups in total. The Morgan fingerprint density at radius 2 is 1.60 bits per heavy atom. The summed E-state index contributed by atoms with van der Waals surface area (Å²) >= 11 is 0. The number of anilines is 4. The van der Waals surface area contributed by atoms with Crippen LogP contribution in [0.15, 0.2) is 60.8 Å². The van der Waals surface area contributed by atoms with Crippen LogP contribution in [-0.4, -0.2) is 71.0 Å². The van der Waals surface area contributed by atoms with E-state index in [9.17, 15) is 14.4 Å². The van der Waals surface area contributed by atoms with Gasteiger partial charge in [0.05, 0.1) is 5.56 Å². The molecule has 226 valence electrons. The minimum absolute atomic E-state index is 0.0144. The molecule has 2 heterocycles. The minimum Gasteiger partial charge on any atom is -0.445 e. The van der Waals surface area contributed by atoms with Crippen LogP contribution >= 0.6 is 0 Å². The number of amides is 3. The molecule has 3 aromatic rings. The second-order valence-electron chi connectivity index (χ2n) is 10.9. The lowest BCUT2D eigenvalue weighted by atomic mass is 9.91. The molecule has 12 nitrogen and oxygen atoms in total. The molecule has 1 aliphatic heterocycles. The second-order valence-corrected chi connectivity index (χ2v) is 10.9. The Labute approximate surface area is 251 Å². The molecule has 2 fully saturated rings. The molecule has 5 rings (SSSR count). The van der Waals surface area contributed by atoms with Crippen molar-refractivity contribution in [1.29, 1.82) is 0 Å². The number of aromatic nitrogens is 2. The number of hydrogen-bond acceptors (Lipinski definition) is 9. The van der Waals surface area contributed by atoms with Gasteiger partial charge in [-0.05, 0) is 55.5 Å². The smallest absolute Gasteiger partial charge is 0.407 e. The summed E-state index contributed by atoms with van der Waals surface area (Å²) in [6, 6.07) is 17.6. The van der Waals surface area contributed by atoms with Crippen LogP contribution in [0.25, 0.3) is 0 Å². The van der Waals surface area contributed by atoms with Crippen molar-refractivity contribution >= 4 is 41.0 Å². The molecule has 0 unspecified atom stereocenters. The molecule has 1 aromatic heterocycles. The number of nitrogens with two attached hydrogens (primary N) is 1. The van der Waals surface area contributed by atoms with Gasteiger partial charge in [0, 0.05) is 62.8 Å². The number of alkyl carbamates (subject to hydrolysis) is 1. The van der Waals surface area contributed by atoms with Gasteiger partial charge in [0.15, 0.2) is 0 Å². The molecule has 43 heavy (non-hydrogen) atoms. The molecule has 2 aromatic carbocycles. The number of primary amides is 1. The fourth-order valence-corrected chi connectivity index (χ4v) is 5.40. The van der Waals surface area contributed by atoms with E-state index in [0.29, 0.717) is 24.9 Å². The molecule has 0 bridgehead atoms. The first kappa shape index (κ1) is 29.6. The highest BCUT2D eigenvalue weighted by Crippen LogP contribution is 2.26. The number of nitrogens with one attached hydrogen (secondary N) is 3. The van der Waals surface area contributed by atoms with E-state index in [2.05, 4.69) is 30.8 Å². The largest absolute Gasteiger partial charge is 0.445 e. The summed E-state index contributed by atoms with van der Waals surface area (Å²) < 4.78 is 5.35. The summed E-state index contributed by atoms with van der Waals surface area (Å²) in [5.41, 5.74) is 8.65. The average Bonchev–Trinajstić information content (AvgIpc) is 3.02. The highest BCUT2D eigenvalue weighted by Gasteiger charge is 2.25. The van der Waals surface area contributed by atoms with Gasteiger partial charge in [-0.3, -0.25) is 9.59 Å². The van der Waals surface area contributed by atoms with Gasteiger partial charge >= 0.3 is 6.09 Å². The minimum atomic E-state index is -0.611. The first-order valence-electron chi connectivity index (χ1n) is 14.6. The Kier molecular flexibility index (Phi) is 9.55. The summed E-state index contributed by atoms with van der Waals surface area (Å²) in [4.78, 5) is 48.9. The highest BCUT2D eigenvalue weighted by atomic mass is 16.5. The summed E-state index contributed by atoms with van der Waals surface area (Å²) in [5, 5.41) is 9.53. The van der Waals surface area contributed by atoms with Crippen molar-refractivity contribution in [2.75, 3.05) is 41.7 Å². The SMILES string of the molecule is CC(=O)N1CCN(c2ccc(Nc3ncc(C(N)=O)c(N[C@H]4CC[C@@H](NC(=O)OCc5ccccc5)CC4)n3)cc2)CC1. The fraction of sp³-hybridized carbons (Fsp3) is 0.387. The summed E-state index contributed by atoms with van der Waals surface area (Å²) in [5.74, 6) is 0.215. The number of piperazine rings is 1. The van der Waals surface area contributed by atoms with Gasteiger partial charge < -0.3 is 36.2 Å². The second kappa shape index (κ2) is 13.9. The third-order valence-electron chi connectivity index (χ3n) is 7.87. The van der Waals surface area contributed by atoms with E-state index in [-0.39, 0.29) is 30.2 Å². The van der Waals surface area contributed by atoms with Gasteiger partial charge in [0.1, 0.15) is 12.4 Å². The number of benzene rings is 2. The van der Waals surface area contributed by atoms with Crippen LogP contribution in [0.4, 0.5) is 27.9 Å². The van der Waals surface area contributed by atoms with E-state index in [0.717, 1.165) is 55.7 Å². The zero-order valence-electron chi connectivity index (χ0n) is 24.3. The first-order chi connectivity index (χ1) is 20.8. The lowest BCUT2D eigenvalue weighted by molar-refractivity contribution is -0.129. The van der Waals surface area contributed by atoms with Crippen molar-refractivity contribution in [2.45, 2.75) is 51.3 Å². The van der Waals surface area contributed by atoms with Crippen LogP contribution in [0, 0.1) is 0 Å². The van der Waals surface area contributed by atoms with E-state index in [1.165, 1.54) is 6.20 Å². The zero-order chi connectivity index (χ0) is 30.2. The average molecular weight is 587 g/mol. The van der Waals surface area contributed by atoms with Crippen molar-refractivity contribution in [3.05, 3.63) is 71.9 Å². The van der Waals surface area contributed by atoms with E-state index >= 15 is 0 Å². The van der Waals surface area contributed by atoms with Crippen LogP contribution in [0.1, 0.15) is 48.5 Å². The van der Waals surface area contributed by atoms with Crippen LogP contribution < -0.4 is 26.6 Å². The third kappa shape index (κ3) is 8.12. The van der Waals surface area contributed by atoms with Gasteiger partial charge in [-0.1, -0.05) is 30.3 Å². The maximum Gasteiger partial charge on any atom is 0.407 e. The van der Waals surface area contributed by atoms with Gasteiger partial charge in [-0.2, -0.15) is 4.98 Å². The first-order valence-corrected chi connectivity index (χ1v) is 14.6. The molecule has 12 heteroatoms. The predicted molar refractivity (Wildman–Crippen MR) is 164 cm³/mol. The summed E-state index contributed by atoms with van der Waals surface area (Å²) in [6.07, 6.45) is 4.07. The summed E-state index contributed by atoms with van der Waals surface area (Å²) in [6.45, 7) is 4.83. The molecule has 1 saturated heterocycles. The van der Waals surface area contributed by atoms with Crippen molar-refractivity contribution in [3.63, 3.8) is 0 Å². The van der Waals surface area contributed by atoms with Crippen molar-refractivity contribution in [2.24, 2.45) is 5.73 Å². The molecule has 1 saturated carbocycles. The zero-order valence-corrected chi connectivity index (χ0v) is 24.3. The molecule has 3 amide bonds. The van der Waals surface area contributed by atoms with E-state index in [1.807, 2.05) is 59.5 Å². The lowest BCUT2D eigenvalue weighted by Crippen LogP contribution is -2.48. The molecule has 1 aliphatic carbocycles. The Balaban J connectivity index is 1.13. The lowest BCUT2D eigenvalue weighted by Gasteiger charge is -2.35. The molecule has 0 radical (unpaired) electrons. The maximum absolute atomic E-state index is 12.3. The van der Waals surface area contributed by atoms with Crippen molar-refractivity contribution in [1.82, 2.24) is 20.2 Å². The Bertz CT molecular complexity index is 1400. The monoisotopic (exact) mass is 586 g/mol. The van der Waals surface area contributed by atoms with E-state index in [4.69, 9.17) is 10.5 Å². The van der Waals surface area contributed by atoms with Crippen molar-refractivity contribution < 1.29 is 19.1 Å². The number of rotatable bonds is 9. The number of hydrogen-bond donors (Lipinski definition) is 4. The number of nitrogens with zero attached hydrogens (tertiary/aromatic N) is 4. The fourth-order valence-electron chi connectivity index (χ4n) is 5.40. The van der Waals surface area contributed by atoms with Crippen LogP contribution in [-0.2, 0) is 16.1 Å². The van der Waals surface area contributed by atoms with Crippen LogP contribution in [0.5, 0.6) is 0 Å². The Morgan fingerprint density at radius 3 is 2.26 bits per heavy atom. The molecule has 2 aliphatic rings. The Morgan fingerprint density at radius 1 is 0.930 bits per heavy atom. The van der Waals surface area contributed by atoms with Gasteiger partial charge in [-0.25, -0.2) is 9.78 Å². The third-order valence-corrected chi connectivity index (χ3v) is 7.87. The van der Waals surface area contributed by atoms with Crippen molar-refractivity contribution in [3.8, 4) is 0 Å². The van der Waals surface area contributed by atoms with E-state index in [1.54, 1.807) is 6.92 Å². The summed E-state index contributed by atoms with van der Waals surface area (Å²) in [7, 11) is 0. The van der Waals surface area contributed by atoms with Crippen LogP contribution in [0.3, 0.4) is 0 Å². The molecule has 0 spiro atoms. The van der Waals surface area contributed by atoms with E-state index < -0.39 is 12.0 Å².